The summed E-state index contributed by atoms with van der Waals surface area (Å²) in [6, 6.07) is 0. The molecule has 0 aliphatic carbocycles. The fraction of sp³-hybridized carbons (Fsp3) is 0.429. The minimum absolute atomic E-state index is 0.617. The standard InChI is InChI=1S/C7H11N/c1-7-3-5-8(2)6-4-7/h3-7H,1-2H3. The fourth-order valence-electron chi connectivity index (χ4n) is 0.657. The van der Waals surface area contributed by atoms with Gasteiger partial charge >= 0.3 is 0 Å². The van der Waals surface area contributed by atoms with E-state index in [1.54, 1.807) is 0 Å². The van der Waals surface area contributed by atoms with Crippen molar-refractivity contribution in [2.75, 3.05) is 7.05 Å². The van der Waals surface area contributed by atoms with Gasteiger partial charge in [-0.15, -0.1) is 0 Å². The van der Waals surface area contributed by atoms with Gasteiger partial charge in [-0.3, -0.25) is 0 Å². The predicted octanol–water partition coefficient (Wildman–Crippen LogP) is 1.60. The first-order valence-corrected chi connectivity index (χ1v) is 2.87. The number of allylic oxidation sites excluding steroid dienone is 2. The Morgan fingerprint density at radius 3 is 2.12 bits per heavy atom. The van der Waals surface area contributed by atoms with Crippen LogP contribution in [0.1, 0.15) is 6.92 Å². The van der Waals surface area contributed by atoms with Gasteiger partial charge < -0.3 is 4.90 Å². The van der Waals surface area contributed by atoms with Crippen LogP contribution < -0.4 is 0 Å². The lowest BCUT2D eigenvalue weighted by atomic mass is 10.1. The molecule has 0 fully saturated rings. The number of hydrogen-bond acceptors (Lipinski definition) is 1. The van der Waals surface area contributed by atoms with E-state index < -0.39 is 0 Å². The summed E-state index contributed by atoms with van der Waals surface area (Å²) in [4.78, 5) is 2.04. The van der Waals surface area contributed by atoms with Crippen LogP contribution in [-0.2, 0) is 0 Å². The third-order valence-corrected chi connectivity index (χ3v) is 1.25. The van der Waals surface area contributed by atoms with Gasteiger partial charge in [0, 0.05) is 7.05 Å². The molecule has 1 heteroatoms. The van der Waals surface area contributed by atoms with Crippen LogP contribution in [0.5, 0.6) is 0 Å². The summed E-state index contributed by atoms with van der Waals surface area (Å²) >= 11 is 0. The first-order chi connectivity index (χ1) is 3.79. The zero-order chi connectivity index (χ0) is 5.98. The zero-order valence-corrected chi connectivity index (χ0v) is 5.33. The van der Waals surface area contributed by atoms with Crippen molar-refractivity contribution in [2.24, 2.45) is 5.92 Å². The summed E-state index contributed by atoms with van der Waals surface area (Å²) in [5.74, 6) is 0.617. The van der Waals surface area contributed by atoms with Gasteiger partial charge in [0.25, 0.3) is 0 Å². The van der Waals surface area contributed by atoms with Gasteiger partial charge in [-0.2, -0.15) is 0 Å². The Bertz CT molecular complexity index is 96.3. The molecule has 1 rings (SSSR count). The Hall–Kier alpha value is -0.720. The highest BCUT2D eigenvalue weighted by Crippen LogP contribution is 2.05. The van der Waals surface area contributed by atoms with E-state index in [0.717, 1.165) is 0 Å². The second kappa shape index (κ2) is 2.03. The van der Waals surface area contributed by atoms with Crippen LogP contribution in [0, 0.1) is 5.92 Å². The maximum Gasteiger partial charge on any atom is 0.0106 e. The highest BCUT2D eigenvalue weighted by Gasteiger charge is 1.94. The van der Waals surface area contributed by atoms with Crippen molar-refractivity contribution >= 4 is 0 Å². The topological polar surface area (TPSA) is 3.24 Å². The summed E-state index contributed by atoms with van der Waals surface area (Å²) < 4.78 is 0. The van der Waals surface area contributed by atoms with Crippen molar-refractivity contribution in [2.45, 2.75) is 6.92 Å². The van der Waals surface area contributed by atoms with Gasteiger partial charge in [0.2, 0.25) is 0 Å². The summed E-state index contributed by atoms with van der Waals surface area (Å²) in [6.07, 6.45) is 8.48. The van der Waals surface area contributed by atoms with Crippen LogP contribution in [0.3, 0.4) is 0 Å². The Kier molecular flexibility index (Phi) is 1.38. The van der Waals surface area contributed by atoms with Gasteiger partial charge in [0.15, 0.2) is 0 Å². The van der Waals surface area contributed by atoms with E-state index in [-0.39, 0.29) is 0 Å². The summed E-state index contributed by atoms with van der Waals surface area (Å²) in [6.45, 7) is 2.17. The molecule has 0 radical (unpaired) electrons. The third-order valence-electron chi connectivity index (χ3n) is 1.25. The van der Waals surface area contributed by atoms with Crippen LogP contribution in [0.2, 0.25) is 0 Å². The van der Waals surface area contributed by atoms with Crippen LogP contribution >= 0.6 is 0 Å². The molecule has 0 amide bonds. The molecule has 0 saturated heterocycles. The monoisotopic (exact) mass is 109 g/mol. The Morgan fingerprint density at radius 1 is 1.25 bits per heavy atom. The largest absolute Gasteiger partial charge is 0.358 e. The molecule has 8 heavy (non-hydrogen) atoms. The summed E-state index contributed by atoms with van der Waals surface area (Å²) in [5.41, 5.74) is 0. The SMILES string of the molecule is CC1C=CN(C)C=C1. The van der Waals surface area contributed by atoms with Crippen molar-refractivity contribution < 1.29 is 0 Å². The second-order valence-corrected chi connectivity index (χ2v) is 2.21. The molecule has 0 bridgehead atoms. The molecule has 0 spiro atoms. The Labute approximate surface area is 50.3 Å². The van der Waals surface area contributed by atoms with Crippen LogP contribution in [0.4, 0.5) is 0 Å². The Morgan fingerprint density at radius 2 is 1.75 bits per heavy atom. The molecule has 0 unspecified atom stereocenters. The van der Waals surface area contributed by atoms with Crippen LogP contribution in [0.25, 0.3) is 0 Å². The molecule has 0 N–H and O–H groups in total. The molecule has 0 saturated carbocycles. The molecule has 0 aromatic carbocycles. The van der Waals surface area contributed by atoms with Crippen molar-refractivity contribution in [3.8, 4) is 0 Å². The van der Waals surface area contributed by atoms with Gasteiger partial charge in [-0.05, 0) is 18.3 Å². The molecule has 0 aromatic rings. The van der Waals surface area contributed by atoms with E-state index >= 15 is 0 Å². The van der Waals surface area contributed by atoms with Gasteiger partial charge in [0.1, 0.15) is 0 Å². The zero-order valence-electron chi connectivity index (χ0n) is 5.33. The third kappa shape index (κ3) is 1.12. The quantitative estimate of drug-likeness (QED) is 0.456. The first kappa shape index (κ1) is 5.42. The molecule has 0 aromatic heterocycles. The number of rotatable bonds is 0. The smallest absolute Gasteiger partial charge is 0.0106 e. The normalized spacial score (nSPS) is 20.0. The van der Waals surface area contributed by atoms with Crippen molar-refractivity contribution in [3.05, 3.63) is 24.6 Å². The maximum atomic E-state index is 2.17. The van der Waals surface area contributed by atoms with Crippen molar-refractivity contribution in [1.29, 1.82) is 0 Å². The van der Waals surface area contributed by atoms with Crippen LogP contribution in [0.15, 0.2) is 24.6 Å². The number of hydrogen-bond donors (Lipinski definition) is 0. The average Bonchev–Trinajstić information content (AvgIpc) is 1.77. The average molecular weight is 109 g/mol. The number of nitrogens with zero attached hydrogens (tertiary/aromatic N) is 1. The summed E-state index contributed by atoms with van der Waals surface area (Å²) in [7, 11) is 2.03. The van der Waals surface area contributed by atoms with E-state index in [4.69, 9.17) is 0 Å². The predicted molar refractivity (Wildman–Crippen MR) is 35.2 cm³/mol. The second-order valence-electron chi connectivity index (χ2n) is 2.21. The van der Waals surface area contributed by atoms with Gasteiger partial charge in [0.05, 0.1) is 0 Å². The molecule has 0 atom stereocenters. The minimum atomic E-state index is 0.617. The molecule has 1 nitrogen and oxygen atoms in total. The lowest BCUT2D eigenvalue weighted by molar-refractivity contribution is 0.595. The molecule has 1 aliphatic rings. The molecule has 44 valence electrons. The van der Waals surface area contributed by atoms with Gasteiger partial charge in [-0.25, -0.2) is 0 Å². The summed E-state index contributed by atoms with van der Waals surface area (Å²) in [5, 5.41) is 0. The first-order valence-electron chi connectivity index (χ1n) is 2.87. The van der Waals surface area contributed by atoms with E-state index in [2.05, 4.69) is 31.5 Å². The van der Waals surface area contributed by atoms with Crippen molar-refractivity contribution in [1.82, 2.24) is 4.90 Å². The van der Waals surface area contributed by atoms with Crippen LogP contribution in [-0.4, -0.2) is 11.9 Å². The Balaban J connectivity index is 2.54. The van der Waals surface area contributed by atoms with E-state index in [9.17, 15) is 0 Å². The lowest BCUT2D eigenvalue weighted by Gasteiger charge is -2.13. The van der Waals surface area contributed by atoms with E-state index in [0.29, 0.717) is 5.92 Å². The molecular formula is C7H11N. The maximum absolute atomic E-state index is 2.17. The molecule has 1 aliphatic heterocycles. The van der Waals surface area contributed by atoms with E-state index in [1.807, 2.05) is 11.9 Å². The fourth-order valence-corrected chi connectivity index (χ4v) is 0.657. The molecular weight excluding hydrogens is 98.1 g/mol. The minimum Gasteiger partial charge on any atom is -0.358 e. The molecule has 1 heterocycles. The van der Waals surface area contributed by atoms with E-state index in [1.165, 1.54) is 0 Å². The van der Waals surface area contributed by atoms with Crippen molar-refractivity contribution in [3.63, 3.8) is 0 Å². The highest BCUT2D eigenvalue weighted by molar-refractivity contribution is 5.04. The lowest BCUT2D eigenvalue weighted by Crippen LogP contribution is -2.05. The van der Waals surface area contributed by atoms with Gasteiger partial charge in [-0.1, -0.05) is 19.1 Å². The highest BCUT2D eigenvalue weighted by atomic mass is 15.0.